The number of hydrogen-bond donors (Lipinski definition) is 1. The summed E-state index contributed by atoms with van der Waals surface area (Å²) in [6.45, 7) is 2.00. The third-order valence-corrected chi connectivity index (χ3v) is 3.85. The molecule has 22 heavy (non-hydrogen) atoms. The first kappa shape index (κ1) is 14.5. The highest BCUT2D eigenvalue weighted by molar-refractivity contribution is 9.10. The van der Waals surface area contributed by atoms with Crippen LogP contribution in [0.3, 0.4) is 0 Å². The molecule has 0 fully saturated rings. The van der Waals surface area contributed by atoms with Crippen LogP contribution in [0.5, 0.6) is 0 Å². The summed E-state index contributed by atoms with van der Waals surface area (Å²) in [6.07, 6.45) is 4.61. The highest BCUT2D eigenvalue weighted by atomic mass is 79.9. The molecule has 0 aliphatic rings. The fourth-order valence-electron chi connectivity index (χ4n) is 2.30. The van der Waals surface area contributed by atoms with Crippen LogP contribution in [-0.2, 0) is 4.79 Å². The Morgan fingerprint density at radius 3 is 2.68 bits per heavy atom. The molecule has 0 radical (unpaired) electrons. The molecule has 3 rings (SSSR count). The zero-order chi connectivity index (χ0) is 15.7. The molecule has 0 amide bonds. The minimum atomic E-state index is -0.983. The van der Waals surface area contributed by atoms with Gasteiger partial charge in [0.25, 0.3) is 0 Å². The van der Waals surface area contributed by atoms with Crippen molar-refractivity contribution in [3.63, 3.8) is 0 Å². The van der Waals surface area contributed by atoms with E-state index in [0.29, 0.717) is 0 Å². The molecule has 1 aromatic carbocycles. The molecular formula is C17H13BrN2O2. The third-order valence-electron chi connectivity index (χ3n) is 3.32. The SMILES string of the molecule is Cc1ccn2c(/C=C/C(=O)O)c(-c3ccc(Br)cc3)nc2c1. The summed E-state index contributed by atoms with van der Waals surface area (Å²) in [5.41, 5.74) is 4.35. The number of carboxylic acids is 1. The highest BCUT2D eigenvalue weighted by Crippen LogP contribution is 2.27. The number of rotatable bonds is 3. The van der Waals surface area contributed by atoms with Gasteiger partial charge in [0.2, 0.25) is 0 Å². The molecule has 1 N–H and O–H groups in total. The summed E-state index contributed by atoms with van der Waals surface area (Å²) in [4.78, 5) is 15.5. The molecular weight excluding hydrogens is 344 g/mol. The Balaban J connectivity index is 2.25. The van der Waals surface area contributed by atoms with Crippen molar-refractivity contribution in [1.29, 1.82) is 0 Å². The van der Waals surface area contributed by atoms with Gasteiger partial charge in [0, 0.05) is 22.3 Å². The van der Waals surface area contributed by atoms with Crippen LogP contribution in [0, 0.1) is 6.92 Å². The molecule has 4 nitrogen and oxygen atoms in total. The molecule has 3 aromatic rings. The Labute approximate surface area is 135 Å². The number of imidazole rings is 1. The molecule has 0 saturated carbocycles. The number of aryl methyl sites for hydroxylation is 1. The standard InChI is InChI=1S/C17H13BrN2O2/c1-11-8-9-20-14(6-7-16(21)22)17(19-15(20)10-11)12-2-4-13(18)5-3-12/h2-10H,1H3,(H,21,22)/b7-6+. The maximum atomic E-state index is 10.9. The number of carboxylic acid groups (broad SMARTS) is 1. The molecule has 0 spiro atoms. The summed E-state index contributed by atoms with van der Waals surface area (Å²) in [7, 11) is 0. The molecule has 5 heteroatoms. The number of fused-ring (bicyclic) bond motifs is 1. The molecule has 2 aromatic heterocycles. The summed E-state index contributed by atoms with van der Waals surface area (Å²) < 4.78 is 2.88. The molecule has 0 aliphatic carbocycles. The normalized spacial score (nSPS) is 11.4. The minimum Gasteiger partial charge on any atom is -0.478 e. The van der Waals surface area contributed by atoms with E-state index in [1.54, 1.807) is 6.08 Å². The van der Waals surface area contributed by atoms with E-state index in [4.69, 9.17) is 5.11 Å². The van der Waals surface area contributed by atoms with Crippen LogP contribution in [0.2, 0.25) is 0 Å². The van der Waals surface area contributed by atoms with Crippen LogP contribution in [0.1, 0.15) is 11.3 Å². The van der Waals surface area contributed by atoms with Crippen molar-refractivity contribution in [3.8, 4) is 11.3 Å². The zero-order valence-corrected chi connectivity index (χ0v) is 13.4. The largest absolute Gasteiger partial charge is 0.478 e. The molecule has 0 bridgehead atoms. The Hall–Kier alpha value is -2.40. The van der Waals surface area contributed by atoms with Gasteiger partial charge in [-0.25, -0.2) is 9.78 Å². The first-order valence-corrected chi connectivity index (χ1v) is 7.49. The monoisotopic (exact) mass is 356 g/mol. The number of halogens is 1. The van der Waals surface area contributed by atoms with E-state index in [2.05, 4.69) is 20.9 Å². The van der Waals surface area contributed by atoms with Crippen molar-refractivity contribution in [3.05, 3.63) is 64.4 Å². The van der Waals surface area contributed by atoms with Crippen LogP contribution in [0.4, 0.5) is 0 Å². The average molecular weight is 357 g/mol. The predicted molar refractivity (Wildman–Crippen MR) is 89.7 cm³/mol. The van der Waals surface area contributed by atoms with E-state index in [1.807, 2.05) is 53.9 Å². The van der Waals surface area contributed by atoms with Crippen molar-refractivity contribution in [2.45, 2.75) is 6.92 Å². The van der Waals surface area contributed by atoms with Gasteiger partial charge in [-0.3, -0.25) is 4.40 Å². The van der Waals surface area contributed by atoms with Gasteiger partial charge < -0.3 is 5.11 Å². The van der Waals surface area contributed by atoms with Gasteiger partial charge in [-0.05, 0) is 42.8 Å². The van der Waals surface area contributed by atoms with Crippen molar-refractivity contribution in [2.24, 2.45) is 0 Å². The van der Waals surface area contributed by atoms with Crippen molar-refractivity contribution in [1.82, 2.24) is 9.38 Å². The number of carbonyl (C=O) groups is 1. The lowest BCUT2D eigenvalue weighted by Crippen LogP contribution is -1.91. The maximum Gasteiger partial charge on any atom is 0.328 e. The van der Waals surface area contributed by atoms with Crippen molar-refractivity contribution < 1.29 is 9.90 Å². The minimum absolute atomic E-state index is 0.750. The van der Waals surface area contributed by atoms with Crippen LogP contribution in [0.15, 0.2) is 53.1 Å². The van der Waals surface area contributed by atoms with Gasteiger partial charge >= 0.3 is 5.97 Å². The molecule has 110 valence electrons. The Kier molecular flexibility index (Phi) is 3.81. The molecule has 0 aliphatic heterocycles. The lowest BCUT2D eigenvalue weighted by Gasteiger charge is -2.01. The second kappa shape index (κ2) is 5.77. The van der Waals surface area contributed by atoms with E-state index < -0.39 is 5.97 Å². The predicted octanol–water partition coefficient (Wildman–Crippen LogP) is 4.17. The first-order chi connectivity index (χ1) is 10.5. The quantitative estimate of drug-likeness (QED) is 0.716. The zero-order valence-electron chi connectivity index (χ0n) is 11.8. The van der Waals surface area contributed by atoms with E-state index in [-0.39, 0.29) is 0 Å². The fourth-order valence-corrected chi connectivity index (χ4v) is 2.56. The van der Waals surface area contributed by atoms with Crippen LogP contribution >= 0.6 is 15.9 Å². The Morgan fingerprint density at radius 2 is 2.00 bits per heavy atom. The fraction of sp³-hybridized carbons (Fsp3) is 0.0588. The number of pyridine rings is 1. The molecule has 0 unspecified atom stereocenters. The van der Waals surface area contributed by atoms with Gasteiger partial charge in [0.1, 0.15) is 5.65 Å². The van der Waals surface area contributed by atoms with E-state index in [1.165, 1.54) is 0 Å². The molecule has 0 atom stereocenters. The second-order valence-electron chi connectivity index (χ2n) is 4.96. The van der Waals surface area contributed by atoms with Gasteiger partial charge in [-0.1, -0.05) is 28.1 Å². The third kappa shape index (κ3) is 2.80. The number of nitrogens with zero attached hydrogens (tertiary/aromatic N) is 2. The van der Waals surface area contributed by atoms with E-state index in [0.717, 1.165) is 38.7 Å². The summed E-state index contributed by atoms with van der Waals surface area (Å²) in [5, 5.41) is 8.90. The van der Waals surface area contributed by atoms with Crippen molar-refractivity contribution >= 4 is 33.6 Å². The number of aromatic nitrogens is 2. The average Bonchev–Trinajstić information content (AvgIpc) is 2.83. The topological polar surface area (TPSA) is 54.6 Å². The Morgan fingerprint density at radius 1 is 1.27 bits per heavy atom. The van der Waals surface area contributed by atoms with Crippen LogP contribution in [0.25, 0.3) is 23.0 Å². The number of hydrogen-bond acceptors (Lipinski definition) is 2. The lowest BCUT2D eigenvalue weighted by atomic mass is 10.1. The summed E-state index contributed by atoms with van der Waals surface area (Å²) in [5.74, 6) is -0.983. The highest BCUT2D eigenvalue weighted by Gasteiger charge is 2.12. The van der Waals surface area contributed by atoms with Gasteiger partial charge in [0.15, 0.2) is 0 Å². The smallest absolute Gasteiger partial charge is 0.328 e. The lowest BCUT2D eigenvalue weighted by molar-refractivity contribution is -0.131. The van der Waals surface area contributed by atoms with Crippen LogP contribution in [-0.4, -0.2) is 20.5 Å². The summed E-state index contributed by atoms with van der Waals surface area (Å²) >= 11 is 3.41. The maximum absolute atomic E-state index is 10.9. The van der Waals surface area contributed by atoms with Crippen molar-refractivity contribution in [2.75, 3.05) is 0 Å². The van der Waals surface area contributed by atoms with Gasteiger partial charge in [-0.2, -0.15) is 0 Å². The molecule has 0 saturated heterocycles. The van der Waals surface area contributed by atoms with E-state index >= 15 is 0 Å². The van der Waals surface area contributed by atoms with E-state index in [9.17, 15) is 4.79 Å². The number of aliphatic carboxylic acids is 1. The van der Waals surface area contributed by atoms with Gasteiger partial charge in [0.05, 0.1) is 11.4 Å². The number of benzene rings is 1. The van der Waals surface area contributed by atoms with Gasteiger partial charge in [-0.15, -0.1) is 0 Å². The molecule has 2 heterocycles. The Bertz CT molecular complexity index is 880. The second-order valence-corrected chi connectivity index (χ2v) is 5.87. The van der Waals surface area contributed by atoms with Crippen LogP contribution < -0.4 is 0 Å². The first-order valence-electron chi connectivity index (χ1n) is 6.70. The summed E-state index contributed by atoms with van der Waals surface area (Å²) in [6, 6.07) is 11.7.